The molecule has 1 unspecified atom stereocenters. The van der Waals surface area contributed by atoms with Crippen LogP contribution in [0.25, 0.3) is 0 Å². The zero-order chi connectivity index (χ0) is 12.8. The van der Waals surface area contributed by atoms with Gasteiger partial charge in [-0.1, -0.05) is 0 Å². The van der Waals surface area contributed by atoms with E-state index in [1.807, 2.05) is 0 Å². The molecule has 0 aliphatic heterocycles. The number of hydrogen-bond acceptors (Lipinski definition) is 4. The number of nitrogens with zero attached hydrogens (tertiary/aromatic N) is 1. The van der Waals surface area contributed by atoms with Crippen LogP contribution >= 0.6 is 0 Å². The summed E-state index contributed by atoms with van der Waals surface area (Å²) in [5, 5.41) is 22.6. The summed E-state index contributed by atoms with van der Waals surface area (Å²) in [7, 11) is 0. The van der Waals surface area contributed by atoms with Crippen LogP contribution in [-0.4, -0.2) is 22.7 Å². The molecule has 0 heterocycles. The minimum atomic E-state index is -0.633. The Balaban J connectivity index is 2.61. The van der Waals surface area contributed by atoms with Gasteiger partial charge in [-0.2, -0.15) is 0 Å². The molecule has 1 aromatic carbocycles. The normalized spacial score (nSPS) is 12.2. The Morgan fingerprint density at radius 3 is 2.88 bits per heavy atom. The average molecular weight is 242 g/mol. The third-order valence-corrected chi connectivity index (χ3v) is 2.27. The van der Waals surface area contributed by atoms with E-state index < -0.39 is 10.7 Å². The molecule has 0 aliphatic rings. The van der Waals surface area contributed by atoms with Crippen LogP contribution in [0, 0.1) is 15.9 Å². The van der Waals surface area contributed by atoms with Gasteiger partial charge in [0.2, 0.25) is 0 Å². The highest BCUT2D eigenvalue weighted by Crippen LogP contribution is 2.24. The topological polar surface area (TPSA) is 75.4 Å². The van der Waals surface area contributed by atoms with Gasteiger partial charge in [0.25, 0.3) is 5.69 Å². The highest BCUT2D eigenvalue weighted by Gasteiger charge is 2.14. The quantitative estimate of drug-likeness (QED) is 0.456. The van der Waals surface area contributed by atoms with Gasteiger partial charge in [0.05, 0.1) is 17.1 Å². The summed E-state index contributed by atoms with van der Waals surface area (Å²) in [5.74, 6) is -0.633. The van der Waals surface area contributed by atoms with E-state index in [2.05, 4.69) is 5.32 Å². The van der Waals surface area contributed by atoms with Crippen molar-refractivity contribution in [1.29, 1.82) is 0 Å². The Labute approximate surface area is 98.4 Å². The lowest BCUT2D eigenvalue weighted by Gasteiger charge is -2.08. The van der Waals surface area contributed by atoms with Gasteiger partial charge in [-0.25, -0.2) is 4.39 Å². The van der Waals surface area contributed by atoms with Crippen molar-refractivity contribution in [3.8, 4) is 0 Å². The fourth-order valence-electron chi connectivity index (χ4n) is 1.43. The fraction of sp³-hybridized carbons (Fsp3) is 0.455. The van der Waals surface area contributed by atoms with Gasteiger partial charge in [-0.15, -0.1) is 0 Å². The lowest BCUT2D eigenvalue weighted by molar-refractivity contribution is -0.384. The van der Waals surface area contributed by atoms with Crippen molar-refractivity contribution < 1.29 is 14.4 Å². The molecule has 0 fully saturated rings. The number of nitro groups is 1. The highest BCUT2D eigenvalue weighted by atomic mass is 19.1. The molecule has 0 spiro atoms. The standard InChI is InChI=1S/C11H15FN2O3/c1-8(15)3-2-6-13-10-5-4-9(12)7-11(10)14(16)17/h4-5,7-8,13,15H,2-3,6H2,1H3. The molecule has 1 atom stereocenters. The van der Waals surface area contributed by atoms with Gasteiger partial charge in [-0.3, -0.25) is 10.1 Å². The smallest absolute Gasteiger partial charge is 0.295 e. The third kappa shape index (κ3) is 4.36. The van der Waals surface area contributed by atoms with E-state index in [9.17, 15) is 14.5 Å². The summed E-state index contributed by atoms with van der Waals surface area (Å²) in [6, 6.07) is 3.40. The lowest BCUT2D eigenvalue weighted by atomic mass is 10.2. The minimum absolute atomic E-state index is 0.276. The molecule has 6 heteroatoms. The van der Waals surface area contributed by atoms with Crippen LogP contribution in [0.4, 0.5) is 15.8 Å². The molecule has 2 N–H and O–H groups in total. The molecule has 0 saturated heterocycles. The van der Waals surface area contributed by atoms with Gasteiger partial charge in [0, 0.05) is 6.54 Å². The maximum absolute atomic E-state index is 12.8. The lowest BCUT2D eigenvalue weighted by Crippen LogP contribution is -2.08. The van der Waals surface area contributed by atoms with Gasteiger partial charge in [0.1, 0.15) is 11.5 Å². The van der Waals surface area contributed by atoms with Crippen LogP contribution in [0.5, 0.6) is 0 Å². The van der Waals surface area contributed by atoms with Gasteiger partial charge in [-0.05, 0) is 31.9 Å². The largest absolute Gasteiger partial charge is 0.393 e. The first kappa shape index (κ1) is 13.4. The number of anilines is 1. The molecule has 0 saturated carbocycles. The molecule has 94 valence electrons. The van der Waals surface area contributed by atoms with E-state index in [0.717, 1.165) is 6.07 Å². The zero-order valence-corrected chi connectivity index (χ0v) is 9.52. The molecular formula is C11H15FN2O3. The van der Waals surface area contributed by atoms with Crippen LogP contribution in [-0.2, 0) is 0 Å². The average Bonchev–Trinajstić information content (AvgIpc) is 2.25. The molecule has 1 aromatic rings. The van der Waals surface area contributed by atoms with E-state index in [4.69, 9.17) is 5.11 Å². The Kier molecular flexibility index (Phi) is 4.84. The Bertz CT molecular complexity index is 396. The van der Waals surface area contributed by atoms with E-state index >= 15 is 0 Å². The van der Waals surface area contributed by atoms with Crippen molar-refractivity contribution in [2.24, 2.45) is 0 Å². The Morgan fingerprint density at radius 2 is 2.29 bits per heavy atom. The summed E-state index contributed by atoms with van der Waals surface area (Å²) in [4.78, 5) is 10.0. The van der Waals surface area contributed by atoms with Crippen molar-refractivity contribution in [3.63, 3.8) is 0 Å². The number of nitrogens with one attached hydrogen (secondary N) is 1. The zero-order valence-electron chi connectivity index (χ0n) is 9.52. The minimum Gasteiger partial charge on any atom is -0.393 e. The van der Waals surface area contributed by atoms with Crippen LogP contribution < -0.4 is 5.32 Å². The molecule has 0 bridgehead atoms. The van der Waals surface area contributed by atoms with E-state index in [1.165, 1.54) is 12.1 Å². The Morgan fingerprint density at radius 1 is 1.59 bits per heavy atom. The number of hydrogen-bond donors (Lipinski definition) is 2. The summed E-state index contributed by atoms with van der Waals surface area (Å²) in [6.07, 6.45) is 0.911. The molecule has 17 heavy (non-hydrogen) atoms. The summed E-state index contributed by atoms with van der Waals surface area (Å²) >= 11 is 0. The molecule has 0 radical (unpaired) electrons. The van der Waals surface area contributed by atoms with Crippen LogP contribution in [0.3, 0.4) is 0 Å². The molecule has 0 amide bonds. The predicted molar refractivity (Wildman–Crippen MR) is 62.5 cm³/mol. The van der Waals surface area contributed by atoms with Gasteiger partial charge >= 0.3 is 0 Å². The second kappa shape index (κ2) is 6.15. The first-order chi connectivity index (χ1) is 8.00. The van der Waals surface area contributed by atoms with Crippen molar-refractivity contribution in [2.75, 3.05) is 11.9 Å². The first-order valence-electron chi connectivity index (χ1n) is 5.36. The second-order valence-corrected chi connectivity index (χ2v) is 3.84. The number of nitro benzene ring substituents is 1. The maximum Gasteiger partial charge on any atom is 0.295 e. The summed E-state index contributed by atoms with van der Waals surface area (Å²) < 4.78 is 12.8. The van der Waals surface area contributed by atoms with Crippen molar-refractivity contribution in [1.82, 2.24) is 0 Å². The monoisotopic (exact) mass is 242 g/mol. The molecule has 5 nitrogen and oxygen atoms in total. The number of benzene rings is 1. The molecule has 1 rings (SSSR count). The van der Waals surface area contributed by atoms with E-state index in [-0.39, 0.29) is 11.8 Å². The number of aliphatic hydroxyl groups excluding tert-OH is 1. The van der Waals surface area contributed by atoms with Crippen LogP contribution in [0.2, 0.25) is 0 Å². The van der Waals surface area contributed by atoms with Crippen LogP contribution in [0.15, 0.2) is 18.2 Å². The van der Waals surface area contributed by atoms with Crippen molar-refractivity contribution >= 4 is 11.4 Å². The maximum atomic E-state index is 12.8. The van der Waals surface area contributed by atoms with Gasteiger partial charge < -0.3 is 10.4 Å². The second-order valence-electron chi connectivity index (χ2n) is 3.84. The number of halogens is 1. The SMILES string of the molecule is CC(O)CCCNc1ccc(F)cc1[N+](=O)[O-]. The number of aliphatic hydroxyl groups is 1. The Hall–Kier alpha value is -1.69. The van der Waals surface area contributed by atoms with E-state index in [0.29, 0.717) is 25.1 Å². The third-order valence-electron chi connectivity index (χ3n) is 2.27. The summed E-state index contributed by atoms with van der Waals surface area (Å²) in [5.41, 5.74) is 0.0176. The fourth-order valence-corrected chi connectivity index (χ4v) is 1.43. The van der Waals surface area contributed by atoms with Gasteiger partial charge in [0.15, 0.2) is 0 Å². The summed E-state index contributed by atoms with van der Waals surface area (Å²) in [6.45, 7) is 2.18. The highest BCUT2D eigenvalue weighted by molar-refractivity contribution is 5.61. The number of rotatable bonds is 6. The molecule has 0 aliphatic carbocycles. The van der Waals surface area contributed by atoms with Crippen LogP contribution in [0.1, 0.15) is 19.8 Å². The predicted octanol–water partition coefficient (Wildman–Crippen LogP) is 2.31. The van der Waals surface area contributed by atoms with Crippen molar-refractivity contribution in [3.05, 3.63) is 34.1 Å². The van der Waals surface area contributed by atoms with Crippen molar-refractivity contribution in [2.45, 2.75) is 25.9 Å². The molecular weight excluding hydrogens is 227 g/mol. The first-order valence-corrected chi connectivity index (χ1v) is 5.36. The molecule has 0 aromatic heterocycles. The van der Waals surface area contributed by atoms with E-state index in [1.54, 1.807) is 6.92 Å².